The number of hydrogen-bond acceptors (Lipinski definition) is 8. The molecule has 0 saturated heterocycles. The summed E-state index contributed by atoms with van der Waals surface area (Å²) in [6, 6.07) is 3.69. The van der Waals surface area contributed by atoms with Crippen molar-refractivity contribution in [3.05, 3.63) is 83.3 Å². The number of aromatic nitrogens is 4. The van der Waals surface area contributed by atoms with Gasteiger partial charge in [-0.2, -0.15) is 5.10 Å². The van der Waals surface area contributed by atoms with E-state index in [1.165, 1.54) is 11.3 Å². The van der Waals surface area contributed by atoms with E-state index in [0.29, 0.717) is 18.7 Å². The van der Waals surface area contributed by atoms with Crippen LogP contribution in [0.3, 0.4) is 0 Å². The highest BCUT2D eigenvalue weighted by atomic mass is 32.1. The Morgan fingerprint density at radius 3 is 2.46 bits per heavy atom. The van der Waals surface area contributed by atoms with Gasteiger partial charge in [0.25, 0.3) is 0 Å². The normalized spacial score (nSPS) is 11.3. The summed E-state index contributed by atoms with van der Waals surface area (Å²) in [5, 5.41) is 27.5. The topological polar surface area (TPSA) is 105 Å². The van der Waals surface area contributed by atoms with Gasteiger partial charge in [0.05, 0.1) is 5.69 Å². The molecule has 0 bridgehead atoms. The van der Waals surface area contributed by atoms with Crippen molar-refractivity contribution < 1.29 is 4.79 Å². The van der Waals surface area contributed by atoms with E-state index in [0.717, 1.165) is 63.9 Å². The molecule has 2 aromatic rings. The van der Waals surface area contributed by atoms with E-state index in [-0.39, 0.29) is 5.91 Å². The van der Waals surface area contributed by atoms with E-state index in [4.69, 9.17) is 0 Å². The average Bonchev–Trinajstić information content (AvgIpc) is 3.22. The second-order valence-corrected chi connectivity index (χ2v) is 9.43. The number of nitrogens with one attached hydrogen (secondary N) is 3. The van der Waals surface area contributed by atoms with Crippen LogP contribution in [0, 0.1) is 0 Å². The second-order valence-electron chi connectivity index (χ2n) is 8.37. The molecule has 0 aliphatic carbocycles. The Labute approximate surface area is 212 Å². The van der Waals surface area contributed by atoms with Crippen molar-refractivity contribution in [2.24, 2.45) is 0 Å². The lowest BCUT2D eigenvalue weighted by molar-refractivity contribution is -0.115. The molecule has 0 atom stereocenters. The van der Waals surface area contributed by atoms with Crippen LogP contribution < -0.4 is 16.0 Å². The molecule has 2 rings (SSSR count). The first-order valence-corrected chi connectivity index (χ1v) is 12.3. The highest BCUT2D eigenvalue weighted by Crippen LogP contribution is 2.21. The number of carbonyl (C=O) groups excluding carboxylic acids is 1. The van der Waals surface area contributed by atoms with Gasteiger partial charge >= 0.3 is 0 Å². The number of nitrogens with zero attached hydrogens (tertiary/aromatic N) is 4. The van der Waals surface area contributed by atoms with E-state index >= 15 is 0 Å². The molecule has 2 heterocycles. The van der Waals surface area contributed by atoms with Crippen molar-refractivity contribution in [2.75, 3.05) is 17.7 Å². The molecular weight excluding hydrogens is 458 g/mol. The van der Waals surface area contributed by atoms with Gasteiger partial charge in [0.1, 0.15) is 5.01 Å². The zero-order chi connectivity index (χ0) is 25.6. The molecule has 1 amide bonds. The third-order valence-corrected chi connectivity index (χ3v) is 5.57. The minimum absolute atomic E-state index is 0.118. The van der Waals surface area contributed by atoms with Gasteiger partial charge in [-0.1, -0.05) is 48.3 Å². The molecule has 0 aliphatic heterocycles. The average molecular weight is 494 g/mol. The van der Waals surface area contributed by atoms with Crippen molar-refractivity contribution in [3.63, 3.8) is 0 Å². The summed E-state index contributed by atoms with van der Waals surface area (Å²) >= 11 is 1.54. The van der Waals surface area contributed by atoms with E-state index in [1.54, 1.807) is 6.07 Å². The highest BCUT2D eigenvalue weighted by Gasteiger charge is 2.08. The standard InChI is InChI=1S/C26H35N7OS/c1-18(2)15-20(4)17-24(34)29-23-12-11-22(30-31-23)9-7-8-10-25-32-33-26(35-25)28-21(5)16-19(3)13-14-27-6/h11-15,27H,1,3,5,7-10,16-17H2,2,4,6H3,(H,28,33)(H,29,31,34)/b14-13-,20-15+. The number of hydrogen-bond donors (Lipinski definition) is 3. The Morgan fingerprint density at radius 2 is 1.77 bits per heavy atom. The molecule has 8 nitrogen and oxygen atoms in total. The summed E-state index contributed by atoms with van der Waals surface area (Å²) in [4.78, 5) is 12.1. The van der Waals surface area contributed by atoms with Crippen LogP contribution in [-0.2, 0) is 17.6 Å². The lowest BCUT2D eigenvalue weighted by atomic mass is 10.1. The predicted octanol–water partition coefficient (Wildman–Crippen LogP) is 5.35. The third kappa shape index (κ3) is 11.4. The Hall–Kier alpha value is -3.59. The Kier molecular flexibility index (Phi) is 11.6. The number of unbranched alkanes of at least 4 members (excludes halogenated alkanes) is 1. The van der Waals surface area contributed by atoms with Gasteiger partial charge in [0.15, 0.2) is 5.82 Å². The van der Waals surface area contributed by atoms with E-state index in [9.17, 15) is 4.79 Å². The molecule has 0 aliphatic rings. The quantitative estimate of drug-likeness (QED) is 0.227. The molecule has 0 unspecified atom stereocenters. The fraction of sp³-hybridized carbons (Fsp3) is 0.346. The number of aryl methyl sites for hydroxylation is 2. The minimum atomic E-state index is -0.118. The molecule has 2 aromatic heterocycles. The summed E-state index contributed by atoms with van der Waals surface area (Å²) in [5.74, 6) is 0.339. The van der Waals surface area contributed by atoms with Crippen molar-refractivity contribution in [2.45, 2.75) is 52.4 Å². The summed E-state index contributed by atoms with van der Waals surface area (Å²) in [6.07, 6.45) is 10.2. The maximum atomic E-state index is 12.1. The first kappa shape index (κ1) is 27.7. The van der Waals surface area contributed by atoms with E-state index in [2.05, 4.69) is 56.1 Å². The second kappa shape index (κ2) is 14.6. The largest absolute Gasteiger partial charge is 0.394 e. The van der Waals surface area contributed by atoms with Gasteiger partial charge in [0.2, 0.25) is 11.0 Å². The molecule has 0 saturated carbocycles. The molecular formula is C26H35N7OS. The minimum Gasteiger partial charge on any atom is -0.394 e. The molecule has 3 N–H and O–H groups in total. The Morgan fingerprint density at radius 1 is 1.00 bits per heavy atom. The summed E-state index contributed by atoms with van der Waals surface area (Å²) in [6.45, 7) is 15.7. The highest BCUT2D eigenvalue weighted by molar-refractivity contribution is 7.15. The van der Waals surface area contributed by atoms with Crippen LogP contribution in [0.15, 0.2) is 72.6 Å². The predicted molar refractivity (Wildman–Crippen MR) is 145 cm³/mol. The van der Waals surface area contributed by atoms with Crippen LogP contribution in [0.4, 0.5) is 10.9 Å². The summed E-state index contributed by atoms with van der Waals surface area (Å²) in [5.41, 5.74) is 4.54. The summed E-state index contributed by atoms with van der Waals surface area (Å²) in [7, 11) is 1.84. The maximum absolute atomic E-state index is 12.1. The van der Waals surface area contributed by atoms with Gasteiger partial charge in [-0.25, -0.2) is 0 Å². The number of carbonyl (C=O) groups is 1. The monoisotopic (exact) mass is 493 g/mol. The van der Waals surface area contributed by atoms with Gasteiger partial charge < -0.3 is 16.0 Å². The smallest absolute Gasteiger partial charge is 0.229 e. The molecule has 0 spiro atoms. The number of amides is 1. The zero-order valence-electron chi connectivity index (χ0n) is 20.9. The molecule has 35 heavy (non-hydrogen) atoms. The van der Waals surface area contributed by atoms with Crippen molar-refractivity contribution >= 4 is 28.2 Å². The Balaban J connectivity index is 1.70. The lowest BCUT2D eigenvalue weighted by Crippen LogP contribution is -2.13. The lowest BCUT2D eigenvalue weighted by Gasteiger charge is -2.06. The molecule has 0 aromatic carbocycles. The van der Waals surface area contributed by atoms with Crippen LogP contribution in [0.25, 0.3) is 0 Å². The molecule has 0 fully saturated rings. The van der Waals surface area contributed by atoms with Gasteiger partial charge in [-0.3, -0.25) is 4.79 Å². The molecule has 9 heteroatoms. The van der Waals surface area contributed by atoms with Crippen molar-refractivity contribution in [1.82, 2.24) is 25.7 Å². The van der Waals surface area contributed by atoms with Crippen LogP contribution in [-0.4, -0.2) is 33.3 Å². The van der Waals surface area contributed by atoms with Crippen LogP contribution in [0.1, 0.15) is 50.2 Å². The van der Waals surface area contributed by atoms with E-state index in [1.807, 2.05) is 45.3 Å². The SMILES string of the molecule is C=C(C)/C=C(\C)CC(=O)Nc1ccc(CCCCc2nnc(NC(=C)CC(=C)/C=C\NC)s2)nn1. The molecule has 0 radical (unpaired) electrons. The van der Waals surface area contributed by atoms with Crippen molar-refractivity contribution in [3.8, 4) is 0 Å². The van der Waals surface area contributed by atoms with Crippen LogP contribution in [0.2, 0.25) is 0 Å². The fourth-order valence-corrected chi connectivity index (χ4v) is 4.02. The third-order valence-electron chi connectivity index (χ3n) is 4.67. The maximum Gasteiger partial charge on any atom is 0.229 e. The van der Waals surface area contributed by atoms with E-state index < -0.39 is 0 Å². The first-order chi connectivity index (χ1) is 16.7. The zero-order valence-corrected chi connectivity index (χ0v) is 21.7. The van der Waals surface area contributed by atoms with Crippen LogP contribution in [0.5, 0.6) is 0 Å². The van der Waals surface area contributed by atoms with Gasteiger partial charge in [-0.05, 0) is 63.1 Å². The number of allylic oxidation sites excluding steroid dienone is 4. The Bertz CT molecular complexity index is 1080. The first-order valence-electron chi connectivity index (χ1n) is 11.5. The summed E-state index contributed by atoms with van der Waals surface area (Å²) < 4.78 is 0. The van der Waals surface area contributed by atoms with Crippen LogP contribution >= 0.6 is 11.3 Å². The fourth-order valence-electron chi connectivity index (χ4n) is 3.19. The van der Waals surface area contributed by atoms with Crippen molar-refractivity contribution in [1.29, 1.82) is 0 Å². The molecule has 186 valence electrons. The number of anilines is 2. The van der Waals surface area contributed by atoms with Gasteiger partial charge in [0, 0.05) is 32.0 Å². The van der Waals surface area contributed by atoms with Gasteiger partial charge in [-0.15, -0.1) is 15.3 Å². The number of rotatable bonds is 15.